The van der Waals surface area contributed by atoms with Gasteiger partial charge in [0.05, 0.1) is 36.7 Å². The predicted octanol–water partition coefficient (Wildman–Crippen LogP) is 3.23. The van der Waals surface area contributed by atoms with E-state index in [1.807, 2.05) is 12.1 Å². The maximum atomic E-state index is 12.8. The molecule has 154 valence electrons. The zero-order valence-corrected chi connectivity index (χ0v) is 17.5. The lowest BCUT2D eigenvalue weighted by atomic mass is 10.00. The fourth-order valence-corrected chi connectivity index (χ4v) is 5.60. The van der Waals surface area contributed by atoms with E-state index < -0.39 is 0 Å². The van der Waals surface area contributed by atoms with Crippen molar-refractivity contribution < 1.29 is 14.3 Å². The van der Waals surface area contributed by atoms with Gasteiger partial charge in [0.25, 0.3) is 0 Å². The van der Waals surface area contributed by atoms with Crippen molar-refractivity contribution in [2.45, 2.75) is 31.8 Å². The Kier molecular flexibility index (Phi) is 5.22. The summed E-state index contributed by atoms with van der Waals surface area (Å²) in [5.41, 5.74) is 1.68. The summed E-state index contributed by atoms with van der Waals surface area (Å²) in [5, 5.41) is 0.957. The maximum Gasteiger partial charge on any atom is 0.239 e. The van der Waals surface area contributed by atoms with Crippen LogP contribution in [0.25, 0.3) is 0 Å². The van der Waals surface area contributed by atoms with E-state index in [4.69, 9.17) is 14.5 Å². The fourth-order valence-electron chi connectivity index (χ4n) is 4.44. The van der Waals surface area contributed by atoms with E-state index in [1.165, 1.54) is 25.9 Å². The Hall–Kier alpha value is -2.06. The molecule has 2 saturated heterocycles. The molecule has 0 aliphatic carbocycles. The lowest BCUT2D eigenvalue weighted by molar-refractivity contribution is -0.131. The van der Waals surface area contributed by atoms with Gasteiger partial charge in [0.2, 0.25) is 5.91 Å². The van der Waals surface area contributed by atoms with Gasteiger partial charge >= 0.3 is 0 Å². The minimum atomic E-state index is -0.357. The molecule has 0 spiro atoms. The molecule has 4 aliphatic rings. The van der Waals surface area contributed by atoms with Crippen LogP contribution in [-0.4, -0.2) is 66.2 Å². The number of rotatable bonds is 6. The highest BCUT2D eigenvalue weighted by Gasteiger charge is 2.42. The molecule has 2 fully saturated rings. The lowest BCUT2D eigenvalue weighted by Crippen LogP contribution is -2.43. The van der Waals surface area contributed by atoms with Gasteiger partial charge in [0.1, 0.15) is 0 Å². The normalized spacial score (nSPS) is 25.5. The summed E-state index contributed by atoms with van der Waals surface area (Å²) >= 11 is 1.70. The van der Waals surface area contributed by atoms with Crippen LogP contribution in [0.5, 0.6) is 11.5 Å². The number of amides is 1. The van der Waals surface area contributed by atoms with Gasteiger partial charge in [-0.05, 0) is 44.8 Å². The van der Waals surface area contributed by atoms with Crippen LogP contribution in [0, 0.1) is 5.92 Å². The number of fused-ring (bicyclic) bond motifs is 4. The van der Waals surface area contributed by atoms with Crippen LogP contribution in [-0.2, 0) is 4.79 Å². The number of thioether (sulfide) groups is 1. The van der Waals surface area contributed by atoms with E-state index >= 15 is 0 Å². The first-order valence-corrected chi connectivity index (χ1v) is 11.4. The minimum absolute atomic E-state index is 0.0932. The van der Waals surface area contributed by atoms with Gasteiger partial charge in [-0.2, -0.15) is 0 Å². The molecule has 1 amide bonds. The second-order valence-electron chi connectivity index (χ2n) is 7.83. The molecule has 0 saturated carbocycles. The molecule has 2 atom stereocenters. The Morgan fingerprint density at radius 1 is 1.24 bits per heavy atom. The van der Waals surface area contributed by atoms with Gasteiger partial charge in [-0.25, -0.2) is 4.99 Å². The maximum absolute atomic E-state index is 12.8. The Labute approximate surface area is 175 Å². The second-order valence-corrected chi connectivity index (χ2v) is 8.95. The number of carbonyl (C=O) groups excluding carboxylic acids is 1. The van der Waals surface area contributed by atoms with Crippen LogP contribution in [0.4, 0.5) is 5.69 Å². The zero-order chi connectivity index (χ0) is 19.8. The van der Waals surface area contributed by atoms with E-state index in [9.17, 15) is 4.79 Å². The number of benzene rings is 1. The van der Waals surface area contributed by atoms with Crippen LogP contribution in [0.2, 0.25) is 0 Å². The Morgan fingerprint density at radius 3 is 2.93 bits per heavy atom. The Morgan fingerprint density at radius 2 is 2.10 bits per heavy atom. The second kappa shape index (κ2) is 7.99. The molecule has 0 bridgehead atoms. The summed E-state index contributed by atoms with van der Waals surface area (Å²) in [6, 6.07) is 3.84. The molecule has 5 rings (SSSR count). The van der Waals surface area contributed by atoms with E-state index in [0.717, 1.165) is 41.4 Å². The van der Waals surface area contributed by atoms with Gasteiger partial charge in [0, 0.05) is 23.9 Å². The number of hydrogen-bond acceptors (Lipinski definition) is 7. The Bertz CT molecular complexity index is 866. The molecule has 2 unspecified atom stereocenters. The van der Waals surface area contributed by atoms with E-state index in [0.29, 0.717) is 18.1 Å². The molecule has 0 N–H and O–H groups in total. The number of ether oxygens (including phenoxy) is 2. The molecule has 1 aromatic rings. The van der Waals surface area contributed by atoms with Crippen molar-refractivity contribution in [2.75, 3.05) is 39.1 Å². The zero-order valence-electron chi connectivity index (χ0n) is 16.7. The largest absolute Gasteiger partial charge is 0.493 e. The van der Waals surface area contributed by atoms with Gasteiger partial charge in [0.15, 0.2) is 17.7 Å². The highest BCUT2D eigenvalue weighted by Crippen LogP contribution is 2.45. The molecule has 8 heteroatoms. The number of nitrogens with zero attached hydrogens (tertiary/aromatic N) is 4. The molecule has 4 heterocycles. The van der Waals surface area contributed by atoms with Crippen molar-refractivity contribution in [2.24, 2.45) is 15.9 Å². The summed E-state index contributed by atoms with van der Waals surface area (Å²) in [7, 11) is 1.64. The molecular weight excluding hydrogens is 388 g/mol. The topological polar surface area (TPSA) is 66.7 Å². The van der Waals surface area contributed by atoms with E-state index in [-0.39, 0.29) is 18.0 Å². The number of carbonyl (C=O) groups is 1. The first-order valence-electron chi connectivity index (χ1n) is 10.4. The summed E-state index contributed by atoms with van der Waals surface area (Å²) in [6.45, 7) is 4.12. The van der Waals surface area contributed by atoms with Crippen molar-refractivity contribution in [3.63, 3.8) is 0 Å². The third-order valence-electron chi connectivity index (χ3n) is 6.01. The quantitative estimate of drug-likeness (QED) is 0.669. The highest BCUT2D eigenvalue weighted by atomic mass is 32.2. The average molecular weight is 415 g/mol. The average Bonchev–Trinajstić information content (AvgIpc) is 3.42. The molecule has 29 heavy (non-hydrogen) atoms. The van der Waals surface area contributed by atoms with Crippen LogP contribution >= 0.6 is 11.8 Å². The van der Waals surface area contributed by atoms with Crippen molar-refractivity contribution in [1.29, 1.82) is 0 Å². The highest BCUT2D eigenvalue weighted by molar-refractivity contribution is 8.14. The van der Waals surface area contributed by atoms with Crippen molar-refractivity contribution in [1.82, 2.24) is 9.80 Å². The third kappa shape index (κ3) is 3.53. The van der Waals surface area contributed by atoms with E-state index in [1.54, 1.807) is 30.1 Å². The predicted molar refractivity (Wildman–Crippen MR) is 115 cm³/mol. The first kappa shape index (κ1) is 18.9. The SMILES string of the molecule is COc1cc2c(cc1OCCCN1CCCC1)N=CN1C(=O)C3CCSC3=NC21. The molecular formula is C21H26N4O3S. The number of aliphatic imine (C=N–C) groups is 2. The molecule has 0 aromatic heterocycles. The third-order valence-corrected chi connectivity index (χ3v) is 7.13. The summed E-state index contributed by atoms with van der Waals surface area (Å²) in [6.07, 6.45) is 5.73. The van der Waals surface area contributed by atoms with Crippen molar-refractivity contribution in [3.8, 4) is 11.5 Å². The lowest BCUT2D eigenvalue weighted by Gasteiger charge is -2.35. The van der Waals surface area contributed by atoms with E-state index in [2.05, 4.69) is 9.89 Å². The minimum Gasteiger partial charge on any atom is -0.493 e. The smallest absolute Gasteiger partial charge is 0.239 e. The first-order chi connectivity index (χ1) is 14.2. The molecule has 0 radical (unpaired) electrons. The van der Waals surface area contributed by atoms with Crippen LogP contribution in [0.15, 0.2) is 22.1 Å². The van der Waals surface area contributed by atoms with Gasteiger partial charge in [-0.15, -0.1) is 11.8 Å². The van der Waals surface area contributed by atoms with Crippen molar-refractivity contribution in [3.05, 3.63) is 17.7 Å². The fraction of sp³-hybridized carbons (Fsp3) is 0.571. The van der Waals surface area contributed by atoms with Crippen molar-refractivity contribution >= 4 is 34.7 Å². The summed E-state index contributed by atoms with van der Waals surface area (Å²) in [5.74, 6) is 2.31. The van der Waals surface area contributed by atoms with Gasteiger partial charge in [-0.1, -0.05) is 0 Å². The van der Waals surface area contributed by atoms with Crippen LogP contribution in [0.3, 0.4) is 0 Å². The Balaban J connectivity index is 1.35. The monoisotopic (exact) mass is 414 g/mol. The van der Waals surface area contributed by atoms with Gasteiger partial charge in [-0.3, -0.25) is 14.7 Å². The number of likely N-dealkylation sites (tertiary alicyclic amines) is 1. The molecule has 1 aromatic carbocycles. The standard InChI is InChI=1S/C21H26N4O3S/c1-27-17-11-15-16(12-18(17)28-9-4-8-24-6-2-3-7-24)22-13-25-19(15)23-20-14(21(25)26)5-10-29-20/h11-14,19H,2-10H2,1H3. The molecule has 7 nitrogen and oxygen atoms in total. The van der Waals surface area contributed by atoms with Gasteiger partial charge < -0.3 is 14.4 Å². The van der Waals surface area contributed by atoms with Crippen LogP contribution in [0.1, 0.15) is 37.4 Å². The number of hydrogen-bond donors (Lipinski definition) is 0. The molecule has 4 aliphatic heterocycles. The number of methoxy groups -OCH3 is 1. The summed E-state index contributed by atoms with van der Waals surface area (Å²) < 4.78 is 11.6. The summed E-state index contributed by atoms with van der Waals surface area (Å²) in [4.78, 5) is 26.4. The van der Waals surface area contributed by atoms with Crippen LogP contribution < -0.4 is 9.47 Å².